The van der Waals surface area contributed by atoms with Crippen molar-refractivity contribution in [3.05, 3.63) is 72.9 Å². The van der Waals surface area contributed by atoms with E-state index in [9.17, 15) is 9.18 Å². The lowest BCUT2D eigenvalue weighted by Gasteiger charge is -2.20. The molecule has 0 radical (unpaired) electrons. The van der Waals surface area contributed by atoms with Crippen LogP contribution in [0.3, 0.4) is 0 Å². The van der Waals surface area contributed by atoms with Crippen LogP contribution in [0.25, 0.3) is 22.5 Å². The number of nitrogens with zero attached hydrogens (tertiary/aromatic N) is 4. The number of hydrogen-bond donors (Lipinski definition) is 0. The summed E-state index contributed by atoms with van der Waals surface area (Å²) in [5.41, 5.74) is 2.60. The summed E-state index contributed by atoms with van der Waals surface area (Å²) < 4.78 is 25.0. The van der Waals surface area contributed by atoms with E-state index in [2.05, 4.69) is 15.1 Å². The lowest BCUT2D eigenvalue weighted by Crippen LogP contribution is -2.23. The van der Waals surface area contributed by atoms with E-state index in [1.807, 2.05) is 19.9 Å². The molecule has 0 fully saturated rings. The molecule has 32 heavy (non-hydrogen) atoms. The second kappa shape index (κ2) is 8.97. The van der Waals surface area contributed by atoms with E-state index in [1.165, 1.54) is 30.3 Å². The maximum absolute atomic E-state index is 13.5. The fourth-order valence-corrected chi connectivity index (χ4v) is 3.32. The second-order valence-electron chi connectivity index (χ2n) is 7.33. The maximum atomic E-state index is 13.5. The summed E-state index contributed by atoms with van der Waals surface area (Å²) in [6, 6.07) is 14.7. The molecule has 1 amide bonds. The van der Waals surface area contributed by atoms with Crippen LogP contribution in [0.1, 0.15) is 20.8 Å². The SMILES string of the molecule is CC(=O)N(c1cccc(OC(C)C)c1)c1onc(-c2ccc(F)cc2)c1-c1ccncn1. The number of anilines is 2. The van der Waals surface area contributed by atoms with Crippen molar-refractivity contribution in [2.45, 2.75) is 26.9 Å². The Morgan fingerprint density at radius 3 is 2.56 bits per heavy atom. The number of hydrogen-bond acceptors (Lipinski definition) is 6. The van der Waals surface area contributed by atoms with Crippen molar-refractivity contribution < 1.29 is 18.4 Å². The molecule has 0 spiro atoms. The van der Waals surface area contributed by atoms with E-state index in [1.54, 1.807) is 42.6 Å². The van der Waals surface area contributed by atoms with Crippen LogP contribution in [-0.4, -0.2) is 27.1 Å². The van der Waals surface area contributed by atoms with Crippen LogP contribution in [0, 0.1) is 5.82 Å². The van der Waals surface area contributed by atoms with Gasteiger partial charge in [0.05, 0.1) is 23.0 Å². The topological polar surface area (TPSA) is 81.4 Å². The number of halogens is 1. The van der Waals surface area contributed by atoms with Crippen LogP contribution in [0.4, 0.5) is 16.0 Å². The Labute approximate surface area is 184 Å². The van der Waals surface area contributed by atoms with Crippen LogP contribution < -0.4 is 9.64 Å². The highest BCUT2D eigenvalue weighted by atomic mass is 19.1. The van der Waals surface area contributed by atoms with Gasteiger partial charge in [-0.05, 0) is 56.3 Å². The van der Waals surface area contributed by atoms with Gasteiger partial charge in [-0.15, -0.1) is 0 Å². The third-order valence-electron chi connectivity index (χ3n) is 4.60. The van der Waals surface area contributed by atoms with Gasteiger partial charge in [-0.3, -0.25) is 4.79 Å². The molecule has 2 heterocycles. The maximum Gasteiger partial charge on any atom is 0.248 e. The van der Waals surface area contributed by atoms with Crippen molar-refractivity contribution >= 4 is 17.5 Å². The van der Waals surface area contributed by atoms with Crippen LogP contribution >= 0.6 is 0 Å². The molecule has 0 unspecified atom stereocenters. The molecule has 162 valence electrons. The van der Waals surface area contributed by atoms with Crippen LogP contribution in [0.5, 0.6) is 5.75 Å². The van der Waals surface area contributed by atoms with Gasteiger partial charge in [0.15, 0.2) is 0 Å². The smallest absolute Gasteiger partial charge is 0.248 e. The second-order valence-corrected chi connectivity index (χ2v) is 7.33. The zero-order valence-electron chi connectivity index (χ0n) is 17.8. The van der Waals surface area contributed by atoms with Gasteiger partial charge in [0.25, 0.3) is 0 Å². The minimum Gasteiger partial charge on any atom is -0.491 e. The van der Waals surface area contributed by atoms with Gasteiger partial charge in [0.2, 0.25) is 11.8 Å². The molecule has 7 nitrogen and oxygen atoms in total. The zero-order chi connectivity index (χ0) is 22.7. The predicted molar refractivity (Wildman–Crippen MR) is 118 cm³/mol. The van der Waals surface area contributed by atoms with Crippen molar-refractivity contribution in [1.29, 1.82) is 0 Å². The summed E-state index contributed by atoms with van der Waals surface area (Å²) >= 11 is 0. The number of benzene rings is 2. The van der Waals surface area contributed by atoms with E-state index in [-0.39, 0.29) is 23.7 Å². The number of aromatic nitrogens is 3. The van der Waals surface area contributed by atoms with Gasteiger partial charge < -0.3 is 9.26 Å². The molecule has 0 aliphatic rings. The summed E-state index contributed by atoms with van der Waals surface area (Å²) in [4.78, 5) is 22.5. The first-order valence-electron chi connectivity index (χ1n) is 10.0. The van der Waals surface area contributed by atoms with Crippen LogP contribution in [-0.2, 0) is 4.79 Å². The monoisotopic (exact) mass is 432 g/mol. The van der Waals surface area contributed by atoms with Crippen molar-refractivity contribution in [2.24, 2.45) is 0 Å². The Morgan fingerprint density at radius 2 is 1.91 bits per heavy atom. The molecule has 4 rings (SSSR count). The molecule has 0 saturated carbocycles. The average Bonchev–Trinajstić information content (AvgIpc) is 3.19. The lowest BCUT2D eigenvalue weighted by molar-refractivity contribution is -0.116. The summed E-state index contributed by atoms with van der Waals surface area (Å²) in [7, 11) is 0. The first-order valence-corrected chi connectivity index (χ1v) is 10.0. The molecule has 4 aromatic rings. The molecule has 0 atom stereocenters. The van der Waals surface area contributed by atoms with Gasteiger partial charge in [-0.2, -0.15) is 0 Å². The quantitative estimate of drug-likeness (QED) is 0.405. The number of carbonyl (C=O) groups excluding carboxylic acids is 1. The standard InChI is InChI=1S/C24H21FN4O3/c1-15(2)31-20-6-4-5-19(13-20)29(16(3)30)24-22(21-11-12-26-14-27-21)23(28-32-24)17-7-9-18(25)10-8-17/h4-15H,1-3H3. The van der Waals surface area contributed by atoms with Crippen LogP contribution in [0.15, 0.2) is 71.6 Å². The molecular formula is C24H21FN4O3. The van der Waals surface area contributed by atoms with Crippen LogP contribution in [0.2, 0.25) is 0 Å². The van der Waals surface area contributed by atoms with E-state index in [0.717, 1.165) is 0 Å². The average molecular weight is 432 g/mol. The van der Waals surface area contributed by atoms with Gasteiger partial charge in [-0.1, -0.05) is 11.2 Å². The summed E-state index contributed by atoms with van der Waals surface area (Å²) in [6.45, 7) is 5.28. The van der Waals surface area contributed by atoms with Crippen molar-refractivity contribution in [1.82, 2.24) is 15.1 Å². The molecule has 8 heteroatoms. The van der Waals surface area contributed by atoms with E-state index >= 15 is 0 Å². The Kier molecular flexibility index (Phi) is 5.93. The Hall–Kier alpha value is -4.07. The van der Waals surface area contributed by atoms with Gasteiger partial charge in [0.1, 0.15) is 23.6 Å². The Morgan fingerprint density at radius 1 is 1.12 bits per heavy atom. The first kappa shape index (κ1) is 21.2. The zero-order valence-corrected chi connectivity index (χ0v) is 17.8. The number of ether oxygens (including phenoxy) is 1. The number of amides is 1. The summed E-state index contributed by atoms with van der Waals surface area (Å²) in [5, 5.41) is 4.21. The third kappa shape index (κ3) is 4.34. The van der Waals surface area contributed by atoms with Crippen molar-refractivity contribution in [2.75, 3.05) is 4.90 Å². The van der Waals surface area contributed by atoms with Crippen molar-refractivity contribution in [3.63, 3.8) is 0 Å². The van der Waals surface area contributed by atoms with Gasteiger partial charge in [-0.25, -0.2) is 19.3 Å². The highest BCUT2D eigenvalue weighted by Crippen LogP contribution is 2.41. The normalized spacial score (nSPS) is 10.9. The predicted octanol–water partition coefficient (Wildman–Crippen LogP) is 5.41. The lowest BCUT2D eigenvalue weighted by atomic mass is 10.0. The summed E-state index contributed by atoms with van der Waals surface area (Å²) in [6.07, 6.45) is 2.96. The minimum absolute atomic E-state index is 0.0250. The molecule has 2 aromatic heterocycles. The Balaban J connectivity index is 1.89. The third-order valence-corrected chi connectivity index (χ3v) is 4.60. The van der Waals surface area contributed by atoms with E-state index in [0.29, 0.717) is 34.0 Å². The molecule has 0 aliphatic heterocycles. The molecule has 0 saturated heterocycles. The highest BCUT2D eigenvalue weighted by Gasteiger charge is 2.28. The van der Waals surface area contributed by atoms with E-state index < -0.39 is 0 Å². The largest absolute Gasteiger partial charge is 0.491 e. The van der Waals surface area contributed by atoms with Gasteiger partial charge in [0, 0.05) is 24.8 Å². The first-order chi connectivity index (χ1) is 15.4. The Bertz CT molecular complexity index is 1220. The van der Waals surface area contributed by atoms with Gasteiger partial charge >= 0.3 is 0 Å². The molecular weight excluding hydrogens is 411 g/mol. The minimum atomic E-state index is -0.367. The molecule has 0 bridgehead atoms. The fraction of sp³-hybridized carbons (Fsp3) is 0.167. The van der Waals surface area contributed by atoms with E-state index in [4.69, 9.17) is 9.26 Å². The summed E-state index contributed by atoms with van der Waals surface area (Å²) in [5.74, 6) is 0.153. The molecule has 2 aromatic carbocycles. The number of carbonyl (C=O) groups is 1. The van der Waals surface area contributed by atoms with Crippen molar-refractivity contribution in [3.8, 4) is 28.3 Å². The fourth-order valence-electron chi connectivity index (χ4n) is 3.32. The number of rotatable bonds is 6. The molecule has 0 N–H and O–H groups in total. The molecule has 0 aliphatic carbocycles. The highest BCUT2D eigenvalue weighted by molar-refractivity contribution is 6.03.